The number of ether oxygens (including phenoxy) is 1. The average molecular weight is 325 g/mol. The van der Waals surface area contributed by atoms with E-state index in [9.17, 15) is 4.79 Å². The molecule has 0 saturated carbocycles. The minimum Gasteiger partial charge on any atom is -0.396 e. The minimum absolute atomic E-state index is 0.254. The summed E-state index contributed by atoms with van der Waals surface area (Å²) in [6, 6.07) is 10.2. The third-order valence-corrected chi connectivity index (χ3v) is 3.49. The second-order valence-corrected chi connectivity index (χ2v) is 5.25. The van der Waals surface area contributed by atoms with E-state index < -0.39 is 0 Å². The molecule has 21 heavy (non-hydrogen) atoms. The van der Waals surface area contributed by atoms with Gasteiger partial charge >= 0.3 is 0 Å². The molecule has 0 aliphatic heterocycles. The molecule has 0 spiro atoms. The van der Waals surface area contributed by atoms with Crippen LogP contribution in [0.5, 0.6) is 0 Å². The topological polar surface area (TPSA) is 64.3 Å². The quantitative estimate of drug-likeness (QED) is 0.836. The predicted molar refractivity (Wildman–Crippen MR) is 86.0 cm³/mol. The van der Waals surface area contributed by atoms with Gasteiger partial charge in [-0.05, 0) is 29.8 Å². The van der Waals surface area contributed by atoms with Crippen molar-refractivity contribution in [2.45, 2.75) is 6.61 Å². The first-order valence-corrected chi connectivity index (χ1v) is 6.90. The number of nitrogen functional groups attached to an aromatic ring is 1. The molecule has 0 aliphatic carbocycles. The second kappa shape index (κ2) is 6.80. The van der Waals surface area contributed by atoms with E-state index in [4.69, 9.17) is 33.7 Å². The van der Waals surface area contributed by atoms with Crippen molar-refractivity contribution in [1.29, 1.82) is 0 Å². The van der Waals surface area contributed by atoms with Crippen LogP contribution >= 0.6 is 23.2 Å². The number of nitrogens with one attached hydrogen (secondary N) is 1. The maximum Gasteiger partial charge on any atom is 0.255 e. The van der Waals surface area contributed by atoms with Gasteiger partial charge in [0.05, 0.1) is 22.3 Å². The highest BCUT2D eigenvalue weighted by Crippen LogP contribution is 2.31. The Morgan fingerprint density at radius 1 is 1.19 bits per heavy atom. The monoisotopic (exact) mass is 324 g/mol. The maximum atomic E-state index is 12.1. The summed E-state index contributed by atoms with van der Waals surface area (Å²) in [7, 11) is 1.62. The molecule has 0 aliphatic rings. The van der Waals surface area contributed by atoms with Gasteiger partial charge in [-0.2, -0.15) is 0 Å². The van der Waals surface area contributed by atoms with Crippen molar-refractivity contribution in [2.75, 3.05) is 18.2 Å². The minimum atomic E-state index is -0.254. The number of hydrogen-bond donors (Lipinski definition) is 2. The Bertz CT molecular complexity index is 634. The molecule has 2 aromatic carbocycles. The van der Waals surface area contributed by atoms with Crippen molar-refractivity contribution in [1.82, 2.24) is 0 Å². The number of amides is 1. The fourth-order valence-electron chi connectivity index (χ4n) is 1.78. The van der Waals surface area contributed by atoms with E-state index in [-0.39, 0.29) is 5.91 Å². The zero-order valence-corrected chi connectivity index (χ0v) is 12.8. The van der Waals surface area contributed by atoms with Crippen molar-refractivity contribution in [2.24, 2.45) is 0 Å². The summed E-state index contributed by atoms with van der Waals surface area (Å²) in [5, 5.41) is 3.32. The van der Waals surface area contributed by atoms with Crippen molar-refractivity contribution < 1.29 is 9.53 Å². The van der Waals surface area contributed by atoms with Crippen molar-refractivity contribution in [3.63, 3.8) is 0 Å². The molecule has 0 bridgehead atoms. The van der Waals surface area contributed by atoms with E-state index in [1.54, 1.807) is 31.4 Å². The SMILES string of the molecule is COCc1ccc(C(=O)Nc2cc(Cl)c(N)c(Cl)c2)cc1. The fourth-order valence-corrected chi connectivity index (χ4v) is 2.27. The molecule has 4 nitrogen and oxygen atoms in total. The summed E-state index contributed by atoms with van der Waals surface area (Å²) in [5.74, 6) is -0.254. The highest BCUT2D eigenvalue weighted by atomic mass is 35.5. The van der Waals surface area contributed by atoms with Crippen LogP contribution in [0.1, 0.15) is 15.9 Å². The number of carbonyl (C=O) groups is 1. The lowest BCUT2D eigenvalue weighted by atomic mass is 10.1. The predicted octanol–water partition coefficient (Wildman–Crippen LogP) is 3.97. The van der Waals surface area contributed by atoms with Crippen LogP contribution in [0.15, 0.2) is 36.4 Å². The number of rotatable bonds is 4. The number of methoxy groups -OCH3 is 1. The van der Waals surface area contributed by atoms with Gasteiger partial charge in [-0.15, -0.1) is 0 Å². The molecule has 0 unspecified atom stereocenters. The molecular weight excluding hydrogens is 311 g/mol. The number of halogens is 2. The van der Waals surface area contributed by atoms with Crippen LogP contribution in [0.25, 0.3) is 0 Å². The standard InChI is InChI=1S/C15H14Cl2N2O2/c1-21-8-9-2-4-10(5-3-9)15(20)19-11-6-12(16)14(18)13(17)7-11/h2-7H,8,18H2,1H3,(H,19,20). The van der Waals surface area contributed by atoms with Crippen molar-refractivity contribution >= 4 is 40.5 Å². The summed E-state index contributed by atoms with van der Waals surface area (Å²) in [5.41, 5.74) is 7.95. The van der Waals surface area contributed by atoms with Gasteiger partial charge in [0, 0.05) is 18.4 Å². The Balaban J connectivity index is 2.14. The van der Waals surface area contributed by atoms with Gasteiger partial charge in [-0.3, -0.25) is 4.79 Å². The molecule has 2 rings (SSSR count). The highest BCUT2D eigenvalue weighted by molar-refractivity contribution is 6.39. The Hall–Kier alpha value is -1.75. The first kappa shape index (κ1) is 15.6. The van der Waals surface area contributed by atoms with Crippen LogP contribution in [0.4, 0.5) is 11.4 Å². The van der Waals surface area contributed by atoms with Gasteiger partial charge in [0.1, 0.15) is 0 Å². The second-order valence-electron chi connectivity index (χ2n) is 4.44. The summed E-state index contributed by atoms with van der Waals surface area (Å²) < 4.78 is 5.02. The number of carbonyl (C=O) groups excluding carboxylic acids is 1. The summed E-state index contributed by atoms with van der Waals surface area (Å²) >= 11 is 11.9. The van der Waals surface area contributed by atoms with Crippen LogP contribution in [0, 0.1) is 0 Å². The van der Waals surface area contributed by atoms with E-state index in [0.29, 0.717) is 33.6 Å². The largest absolute Gasteiger partial charge is 0.396 e. The molecule has 1 amide bonds. The zero-order chi connectivity index (χ0) is 15.4. The van der Waals surface area contributed by atoms with Gasteiger partial charge in [-0.1, -0.05) is 35.3 Å². The third kappa shape index (κ3) is 3.88. The average Bonchev–Trinajstić information content (AvgIpc) is 2.45. The summed E-state index contributed by atoms with van der Waals surface area (Å²) in [6.45, 7) is 0.505. The Morgan fingerprint density at radius 3 is 2.29 bits per heavy atom. The van der Waals surface area contributed by atoms with Gasteiger partial charge in [0.25, 0.3) is 5.91 Å². The number of benzene rings is 2. The highest BCUT2D eigenvalue weighted by Gasteiger charge is 2.09. The summed E-state index contributed by atoms with van der Waals surface area (Å²) in [4.78, 5) is 12.1. The number of hydrogen-bond acceptors (Lipinski definition) is 3. The first-order valence-electron chi connectivity index (χ1n) is 6.15. The lowest BCUT2D eigenvalue weighted by molar-refractivity contribution is 0.102. The Labute approximate surface area is 132 Å². The first-order chi connectivity index (χ1) is 10.0. The lowest BCUT2D eigenvalue weighted by Gasteiger charge is -2.09. The molecule has 0 heterocycles. The van der Waals surface area contributed by atoms with E-state index in [2.05, 4.69) is 5.32 Å². The molecule has 0 saturated heterocycles. The molecule has 3 N–H and O–H groups in total. The van der Waals surface area contributed by atoms with E-state index in [1.807, 2.05) is 12.1 Å². The number of anilines is 2. The van der Waals surface area contributed by atoms with Crippen LogP contribution in [0.3, 0.4) is 0 Å². The molecular formula is C15H14Cl2N2O2. The molecule has 6 heteroatoms. The van der Waals surface area contributed by atoms with Crippen LogP contribution in [-0.2, 0) is 11.3 Å². The molecule has 0 radical (unpaired) electrons. The van der Waals surface area contributed by atoms with Crippen LogP contribution in [-0.4, -0.2) is 13.0 Å². The van der Waals surface area contributed by atoms with Gasteiger partial charge < -0.3 is 15.8 Å². The van der Waals surface area contributed by atoms with E-state index in [1.165, 1.54) is 0 Å². The Morgan fingerprint density at radius 2 is 1.76 bits per heavy atom. The van der Waals surface area contributed by atoms with Crippen molar-refractivity contribution in [3.05, 3.63) is 57.6 Å². The third-order valence-electron chi connectivity index (χ3n) is 2.86. The molecule has 110 valence electrons. The van der Waals surface area contributed by atoms with Crippen LogP contribution < -0.4 is 11.1 Å². The Kier molecular flexibility index (Phi) is 5.07. The van der Waals surface area contributed by atoms with Crippen molar-refractivity contribution in [3.8, 4) is 0 Å². The molecule has 0 aromatic heterocycles. The van der Waals surface area contributed by atoms with Gasteiger partial charge in [0.2, 0.25) is 0 Å². The van der Waals surface area contributed by atoms with Gasteiger partial charge in [0.15, 0.2) is 0 Å². The van der Waals surface area contributed by atoms with Gasteiger partial charge in [-0.25, -0.2) is 0 Å². The molecule has 0 atom stereocenters. The lowest BCUT2D eigenvalue weighted by Crippen LogP contribution is -2.12. The maximum absolute atomic E-state index is 12.1. The smallest absolute Gasteiger partial charge is 0.255 e. The molecule has 0 fully saturated rings. The van der Waals surface area contributed by atoms with E-state index in [0.717, 1.165) is 5.56 Å². The number of nitrogens with two attached hydrogens (primary N) is 1. The van der Waals surface area contributed by atoms with Crippen LogP contribution in [0.2, 0.25) is 10.0 Å². The zero-order valence-electron chi connectivity index (χ0n) is 11.3. The normalized spacial score (nSPS) is 10.4. The summed E-state index contributed by atoms with van der Waals surface area (Å²) in [6.07, 6.45) is 0. The van der Waals surface area contributed by atoms with E-state index >= 15 is 0 Å². The molecule has 2 aromatic rings. The fraction of sp³-hybridized carbons (Fsp3) is 0.133.